The van der Waals surface area contributed by atoms with Gasteiger partial charge in [0.05, 0.1) is 24.0 Å². The number of hydrogen-bond donors (Lipinski definition) is 1. The van der Waals surface area contributed by atoms with Crippen molar-refractivity contribution in [3.63, 3.8) is 0 Å². The van der Waals surface area contributed by atoms with Gasteiger partial charge in [0.1, 0.15) is 5.41 Å². The Morgan fingerprint density at radius 2 is 1.87 bits per heavy atom. The number of para-hydroxylation sites is 1. The van der Waals surface area contributed by atoms with Crippen molar-refractivity contribution in [1.82, 2.24) is 4.90 Å². The molecular formula is C24H28N4O2. The SMILES string of the molecule is CC1=NN(c2ccc(C)cc2)C(=O)C12Cc1ccccc1N1CCN(CCO)CC12. The predicted molar refractivity (Wildman–Crippen MR) is 119 cm³/mol. The summed E-state index contributed by atoms with van der Waals surface area (Å²) in [5.41, 5.74) is 4.60. The van der Waals surface area contributed by atoms with Crippen LogP contribution in [0.3, 0.4) is 0 Å². The van der Waals surface area contributed by atoms with E-state index in [1.54, 1.807) is 5.01 Å². The van der Waals surface area contributed by atoms with Crippen LogP contribution in [-0.2, 0) is 11.2 Å². The molecule has 30 heavy (non-hydrogen) atoms. The second kappa shape index (κ2) is 7.22. The third-order valence-corrected chi connectivity index (χ3v) is 6.97. The lowest BCUT2D eigenvalue weighted by Crippen LogP contribution is -2.67. The number of nitrogens with zero attached hydrogens (tertiary/aromatic N) is 4. The van der Waals surface area contributed by atoms with Crippen molar-refractivity contribution in [2.45, 2.75) is 26.3 Å². The van der Waals surface area contributed by atoms with Gasteiger partial charge in [-0.2, -0.15) is 10.1 Å². The predicted octanol–water partition coefficient (Wildman–Crippen LogP) is 2.44. The van der Waals surface area contributed by atoms with Crippen LogP contribution >= 0.6 is 0 Å². The summed E-state index contributed by atoms with van der Waals surface area (Å²) in [6, 6.07) is 16.4. The highest BCUT2D eigenvalue weighted by atomic mass is 16.3. The Bertz CT molecular complexity index is 1000. The molecule has 2 atom stereocenters. The number of aryl methyl sites for hydroxylation is 1. The zero-order chi connectivity index (χ0) is 20.9. The van der Waals surface area contributed by atoms with Crippen molar-refractivity contribution < 1.29 is 9.90 Å². The number of amides is 1. The molecule has 2 aromatic carbocycles. The zero-order valence-corrected chi connectivity index (χ0v) is 17.6. The standard InChI is InChI=1S/C24H28N4O2/c1-17-7-9-20(10-8-17)28-23(30)24(18(2)25-28)15-19-5-3-4-6-21(19)27-12-11-26(13-14-29)16-22(24)27/h3-10,22,29H,11-16H2,1-2H3. The number of aliphatic hydroxyl groups is 1. The number of hydrazone groups is 1. The van der Waals surface area contributed by atoms with Crippen molar-refractivity contribution in [2.75, 3.05) is 42.7 Å². The minimum atomic E-state index is -0.687. The molecule has 0 radical (unpaired) electrons. The Labute approximate surface area is 177 Å². The smallest absolute Gasteiger partial charge is 0.261 e. The number of aliphatic hydroxyl groups excluding tert-OH is 1. The molecule has 3 aliphatic rings. The number of benzene rings is 2. The quantitative estimate of drug-likeness (QED) is 0.854. The zero-order valence-electron chi connectivity index (χ0n) is 17.6. The number of β-amino-alcohol motifs (C(OH)–C–C–N with tert-alkyl or cyclic N) is 1. The average molecular weight is 405 g/mol. The number of carbonyl (C=O) groups excluding carboxylic acids is 1. The summed E-state index contributed by atoms with van der Waals surface area (Å²) >= 11 is 0. The highest BCUT2D eigenvalue weighted by Crippen LogP contribution is 2.48. The van der Waals surface area contributed by atoms with Gasteiger partial charge in [-0.1, -0.05) is 35.9 Å². The minimum Gasteiger partial charge on any atom is -0.395 e. The first-order valence-corrected chi connectivity index (χ1v) is 10.7. The van der Waals surface area contributed by atoms with Crippen LogP contribution in [0.1, 0.15) is 18.1 Å². The lowest BCUT2D eigenvalue weighted by molar-refractivity contribution is -0.125. The van der Waals surface area contributed by atoms with E-state index < -0.39 is 5.41 Å². The molecule has 0 saturated carbocycles. The monoisotopic (exact) mass is 404 g/mol. The second-order valence-corrected chi connectivity index (χ2v) is 8.65. The molecule has 0 bridgehead atoms. The van der Waals surface area contributed by atoms with Crippen LogP contribution < -0.4 is 9.91 Å². The minimum absolute atomic E-state index is 0.000557. The fraction of sp³-hybridized carbons (Fsp3) is 0.417. The summed E-state index contributed by atoms with van der Waals surface area (Å²) in [4.78, 5) is 18.7. The van der Waals surface area contributed by atoms with Crippen LogP contribution in [0.4, 0.5) is 11.4 Å². The maximum Gasteiger partial charge on any atom is 0.261 e. The molecule has 5 rings (SSSR count). The Hall–Kier alpha value is -2.70. The Morgan fingerprint density at radius 3 is 2.63 bits per heavy atom. The largest absolute Gasteiger partial charge is 0.395 e. The summed E-state index contributed by atoms with van der Waals surface area (Å²) in [7, 11) is 0. The highest BCUT2D eigenvalue weighted by molar-refractivity contribution is 6.20. The van der Waals surface area contributed by atoms with Gasteiger partial charge in [-0.05, 0) is 44.0 Å². The molecule has 1 spiro atoms. The molecular weight excluding hydrogens is 376 g/mol. The topological polar surface area (TPSA) is 59.4 Å². The molecule has 3 heterocycles. The molecule has 6 nitrogen and oxygen atoms in total. The number of anilines is 2. The van der Waals surface area contributed by atoms with Gasteiger partial charge in [0.15, 0.2) is 0 Å². The normalized spacial score (nSPS) is 26.0. The summed E-state index contributed by atoms with van der Waals surface area (Å²) in [6.45, 7) is 7.28. The summed E-state index contributed by atoms with van der Waals surface area (Å²) in [5.74, 6) is 0.0548. The molecule has 1 fully saturated rings. The average Bonchev–Trinajstić information content (AvgIpc) is 3.00. The van der Waals surface area contributed by atoms with Crippen LogP contribution in [-0.4, -0.2) is 60.5 Å². The molecule has 3 aliphatic heterocycles. The lowest BCUT2D eigenvalue weighted by Gasteiger charge is -2.53. The van der Waals surface area contributed by atoms with E-state index in [9.17, 15) is 9.90 Å². The number of fused-ring (bicyclic) bond motifs is 4. The van der Waals surface area contributed by atoms with Crippen LogP contribution in [0.15, 0.2) is 53.6 Å². The first-order chi connectivity index (χ1) is 14.5. The van der Waals surface area contributed by atoms with Gasteiger partial charge in [-0.3, -0.25) is 9.69 Å². The van der Waals surface area contributed by atoms with E-state index in [0.29, 0.717) is 13.0 Å². The first-order valence-electron chi connectivity index (χ1n) is 10.7. The van der Waals surface area contributed by atoms with Gasteiger partial charge in [-0.25, -0.2) is 0 Å². The van der Waals surface area contributed by atoms with Gasteiger partial charge < -0.3 is 10.0 Å². The molecule has 156 valence electrons. The molecule has 2 unspecified atom stereocenters. The molecule has 1 amide bonds. The number of piperazine rings is 1. The van der Waals surface area contributed by atoms with Crippen LogP contribution in [0.25, 0.3) is 0 Å². The van der Waals surface area contributed by atoms with Crippen LogP contribution in [0.5, 0.6) is 0 Å². The summed E-state index contributed by atoms with van der Waals surface area (Å²) in [6.07, 6.45) is 0.661. The Morgan fingerprint density at radius 1 is 1.10 bits per heavy atom. The molecule has 6 heteroatoms. The number of carbonyl (C=O) groups is 1. The van der Waals surface area contributed by atoms with Crippen molar-refractivity contribution in [3.8, 4) is 0 Å². The Balaban J connectivity index is 1.59. The van der Waals surface area contributed by atoms with E-state index in [1.807, 2.05) is 38.1 Å². The van der Waals surface area contributed by atoms with Crippen molar-refractivity contribution >= 4 is 23.0 Å². The van der Waals surface area contributed by atoms with Gasteiger partial charge >= 0.3 is 0 Å². The molecule has 1 saturated heterocycles. The fourth-order valence-electron chi connectivity index (χ4n) is 5.33. The second-order valence-electron chi connectivity index (χ2n) is 8.65. The van der Waals surface area contributed by atoms with Crippen molar-refractivity contribution in [1.29, 1.82) is 0 Å². The van der Waals surface area contributed by atoms with Crippen LogP contribution in [0, 0.1) is 12.3 Å². The van der Waals surface area contributed by atoms with Gasteiger partial charge in [0.2, 0.25) is 0 Å². The number of hydrogen-bond acceptors (Lipinski definition) is 5. The van der Waals surface area contributed by atoms with Crippen molar-refractivity contribution in [2.24, 2.45) is 10.5 Å². The highest BCUT2D eigenvalue weighted by Gasteiger charge is 2.59. The fourth-order valence-corrected chi connectivity index (χ4v) is 5.33. The van der Waals surface area contributed by atoms with E-state index >= 15 is 0 Å². The third kappa shape index (κ3) is 2.78. The maximum absolute atomic E-state index is 14.0. The third-order valence-electron chi connectivity index (χ3n) is 6.97. The van der Waals surface area contributed by atoms with E-state index in [1.165, 1.54) is 11.3 Å². The molecule has 1 N–H and O–H groups in total. The number of rotatable bonds is 3. The van der Waals surface area contributed by atoms with E-state index in [-0.39, 0.29) is 18.6 Å². The van der Waals surface area contributed by atoms with E-state index in [2.05, 4.69) is 34.1 Å². The van der Waals surface area contributed by atoms with Gasteiger partial charge in [-0.15, -0.1) is 0 Å². The van der Waals surface area contributed by atoms with E-state index in [0.717, 1.165) is 36.6 Å². The van der Waals surface area contributed by atoms with E-state index in [4.69, 9.17) is 5.10 Å². The molecule has 2 aromatic rings. The molecule has 0 aliphatic carbocycles. The van der Waals surface area contributed by atoms with Crippen molar-refractivity contribution in [3.05, 3.63) is 59.7 Å². The maximum atomic E-state index is 14.0. The van der Waals surface area contributed by atoms with Gasteiger partial charge in [0, 0.05) is 31.9 Å². The van der Waals surface area contributed by atoms with Crippen LogP contribution in [0.2, 0.25) is 0 Å². The first kappa shape index (κ1) is 19.3. The summed E-state index contributed by atoms with van der Waals surface area (Å²) < 4.78 is 0. The molecule has 0 aromatic heterocycles. The Kier molecular flexibility index (Phi) is 4.64. The lowest BCUT2D eigenvalue weighted by atomic mass is 9.67. The summed E-state index contributed by atoms with van der Waals surface area (Å²) in [5, 5.41) is 15.9. The van der Waals surface area contributed by atoms with Gasteiger partial charge in [0.25, 0.3) is 5.91 Å².